The average molecular weight is 1640 g/mol. The smallest absolute Gasteiger partial charge is 0.140 e. The van der Waals surface area contributed by atoms with Gasteiger partial charge in [0.2, 0.25) is 0 Å². The number of methoxy groups -OCH3 is 5. The van der Waals surface area contributed by atoms with Crippen molar-refractivity contribution in [3.8, 4) is 58.1 Å². The van der Waals surface area contributed by atoms with E-state index in [9.17, 15) is 20.7 Å². The minimum atomic E-state index is -0.860. The predicted octanol–water partition coefficient (Wildman–Crippen LogP) is 24.1. The second-order valence-electron chi connectivity index (χ2n) is 31.5. The fourth-order valence-corrected chi connectivity index (χ4v) is 19.5. The van der Waals surface area contributed by atoms with Crippen molar-refractivity contribution >= 4 is 46.4 Å². The molecule has 9 aromatic rings. The summed E-state index contributed by atoms with van der Waals surface area (Å²) in [6.45, 7) is 1.95. The van der Waals surface area contributed by atoms with Gasteiger partial charge in [-0.2, -0.15) is 15.8 Å². The molecule has 14 nitrogen and oxygen atoms in total. The van der Waals surface area contributed by atoms with Gasteiger partial charge in [0.05, 0.1) is 100 Å². The number of rotatable bonds is 18. The van der Waals surface area contributed by atoms with E-state index in [1.54, 1.807) is 35.5 Å². The predicted molar refractivity (Wildman–Crippen MR) is 464 cm³/mol. The molecule has 2 aliphatic heterocycles. The highest BCUT2D eigenvalue weighted by Crippen LogP contribution is 2.56. The number of hydrogen-bond donors (Lipinski definition) is 3. The minimum absolute atomic E-state index is 0.0289. The van der Waals surface area contributed by atoms with Crippen LogP contribution in [0.5, 0.6) is 28.7 Å². The minimum Gasteiger partial charge on any atom is -0.497 e. The zero-order chi connectivity index (χ0) is 82.1. The SMILES string of the molecule is COc1ccc(C(C#N)C2(O)CCCCC2)cc1.COc1ccc(C(CN)C2(O)CCCCC2)cc1.COc1ccc(C2CCC(c3c(Cl)cccc3Cl)OC23CCCCC3)cc1.COc1ccc(C2CN(Cc3ccc(-c4ccccc4C#N)cc3)C(c3c(Cl)cccc3Cl)OC23CCCCC3)cc1.COc1ccc(CC#N)cc1. The van der Waals surface area contributed by atoms with E-state index in [1.165, 1.54) is 43.2 Å². The summed E-state index contributed by atoms with van der Waals surface area (Å²) < 4.78 is 40.2. The van der Waals surface area contributed by atoms with Crippen LogP contribution in [-0.4, -0.2) is 86.2 Å². The first-order valence-electron chi connectivity index (χ1n) is 41.1. The van der Waals surface area contributed by atoms with Crippen LogP contribution >= 0.6 is 46.4 Å². The zero-order valence-corrected chi connectivity index (χ0v) is 70.6. The number of ether oxygens (including phenoxy) is 7. The molecule has 6 atom stereocenters. The first-order chi connectivity index (χ1) is 56.4. The lowest BCUT2D eigenvalue weighted by atomic mass is 9.68. The largest absolute Gasteiger partial charge is 0.497 e. The fraction of sp³-hybridized carbons (Fsp3) is 0.418. The third-order valence-corrected chi connectivity index (χ3v) is 25.9. The van der Waals surface area contributed by atoms with Gasteiger partial charge in [-0.3, -0.25) is 4.90 Å². The van der Waals surface area contributed by atoms with E-state index >= 15 is 0 Å². The maximum absolute atomic E-state index is 10.8. The standard InChI is InChI=1S/C36H34Cl2N2O2.C23H26Cl2O2.C15H23NO2.C15H19NO2.C9H9NO/c1-41-29-18-16-27(17-19-29)31-24-40(23-25-12-14-26(15-13-25)30-9-4-3-8-28(30)22-39)35(34-32(37)10-7-11-33(34)38)42-36(31)20-5-2-6-21-36;1-26-17-10-8-16(9-11-17)18-12-13-21(22-19(24)6-5-7-20(22)25)27-23(18)14-3-2-4-15-23;2*1-18-13-7-5-12(6-8-13)14(11-16)15(17)9-3-2-4-10-15;1-11-9-4-2-8(3-5-9)6-7-10/h3-4,7-19,31,35H,2,5-6,20-21,23-24H2,1H3;5-11,18,21H,2-4,12-15H2,1H3;5-8,14,17H,2-4,9-11,16H2,1H3;5-8,14,17H,2-4,9-10H2,1H3;2-5H,6H2,1H3. The highest BCUT2D eigenvalue weighted by molar-refractivity contribution is 6.36. The summed E-state index contributed by atoms with van der Waals surface area (Å²) in [6, 6.07) is 74.0. The summed E-state index contributed by atoms with van der Waals surface area (Å²) in [5, 5.41) is 51.5. The summed E-state index contributed by atoms with van der Waals surface area (Å²) >= 11 is 26.7. The molecule has 6 aliphatic rings. The van der Waals surface area contributed by atoms with Crippen LogP contribution in [0.25, 0.3) is 11.1 Å². The normalized spacial score (nSPS) is 20.1. The molecule has 4 saturated carbocycles. The van der Waals surface area contributed by atoms with Gasteiger partial charge < -0.3 is 49.1 Å². The van der Waals surface area contributed by atoms with Crippen molar-refractivity contribution in [2.45, 2.75) is 213 Å². The molecule has 2 spiro atoms. The molecular weight excluding hydrogens is 1530 g/mol. The summed E-state index contributed by atoms with van der Waals surface area (Å²) in [6.07, 6.45) is 23.3. The van der Waals surface area contributed by atoms with Crippen molar-refractivity contribution < 1.29 is 43.4 Å². The number of hydrogen-bond acceptors (Lipinski definition) is 14. The van der Waals surface area contributed by atoms with Crippen LogP contribution in [0.2, 0.25) is 20.1 Å². The second-order valence-corrected chi connectivity index (χ2v) is 33.1. The van der Waals surface area contributed by atoms with Crippen LogP contribution in [0.15, 0.2) is 206 Å². The molecule has 116 heavy (non-hydrogen) atoms. The Labute approximate surface area is 707 Å². The topological polar surface area (TPSA) is 206 Å². The fourth-order valence-electron chi connectivity index (χ4n) is 18.3. The zero-order valence-electron chi connectivity index (χ0n) is 67.6. The Morgan fingerprint density at radius 3 is 1.32 bits per heavy atom. The molecule has 6 fully saturated rings. The van der Waals surface area contributed by atoms with Crippen molar-refractivity contribution in [1.29, 1.82) is 15.8 Å². The van der Waals surface area contributed by atoms with Crippen molar-refractivity contribution in [3.63, 3.8) is 0 Å². The number of nitrogens with two attached hydrogens (primary N) is 1. The Morgan fingerprint density at radius 1 is 0.448 bits per heavy atom. The summed E-state index contributed by atoms with van der Waals surface area (Å²) in [5.41, 5.74) is 15.2. The number of benzene rings is 9. The molecule has 4 aliphatic carbocycles. The number of aliphatic hydroxyl groups is 2. The third-order valence-electron chi connectivity index (χ3n) is 24.6. The van der Waals surface area contributed by atoms with Crippen molar-refractivity contribution in [2.24, 2.45) is 5.73 Å². The van der Waals surface area contributed by atoms with Gasteiger partial charge >= 0.3 is 0 Å². The molecular formula is C98H111Cl4N5O9. The Bertz CT molecular complexity index is 4640. The van der Waals surface area contributed by atoms with Gasteiger partial charge in [0.25, 0.3) is 0 Å². The highest BCUT2D eigenvalue weighted by Gasteiger charge is 2.51. The first-order valence-corrected chi connectivity index (χ1v) is 42.6. The lowest BCUT2D eigenvalue weighted by Gasteiger charge is -2.54. The van der Waals surface area contributed by atoms with E-state index in [0.29, 0.717) is 51.1 Å². The monoisotopic (exact) mass is 1640 g/mol. The van der Waals surface area contributed by atoms with Crippen LogP contribution in [0.3, 0.4) is 0 Å². The quantitative estimate of drug-likeness (QED) is 0.0731. The molecule has 0 aromatic heterocycles. The summed E-state index contributed by atoms with van der Waals surface area (Å²) in [7, 11) is 8.30. The van der Waals surface area contributed by atoms with Crippen LogP contribution in [0, 0.1) is 34.0 Å². The van der Waals surface area contributed by atoms with E-state index in [0.717, 1.165) is 189 Å². The Balaban J connectivity index is 0.000000154. The molecule has 610 valence electrons. The molecule has 4 N–H and O–H groups in total. The molecule has 6 unspecified atom stereocenters. The molecule has 0 radical (unpaired) electrons. The van der Waals surface area contributed by atoms with Gasteiger partial charge in [0.1, 0.15) is 35.0 Å². The van der Waals surface area contributed by atoms with E-state index in [2.05, 4.69) is 83.8 Å². The Hall–Kier alpha value is -8.63. The number of nitrogens with zero attached hydrogens (tertiary/aromatic N) is 4. The van der Waals surface area contributed by atoms with Crippen LogP contribution in [-0.2, 0) is 22.4 Å². The number of halogens is 4. The van der Waals surface area contributed by atoms with Gasteiger partial charge in [-0.25, -0.2) is 0 Å². The van der Waals surface area contributed by atoms with Gasteiger partial charge in [-0.1, -0.05) is 239 Å². The van der Waals surface area contributed by atoms with Crippen LogP contribution in [0.1, 0.15) is 227 Å². The molecule has 18 heteroatoms. The third kappa shape index (κ3) is 22.0. The highest BCUT2D eigenvalue weighted by atomic mass is 35.5. The van der Waals surface area contributed by atoms with Crippen molar-refractivity contribution in [2.75, 3.05) is 48.6 Å². The maximum atomic E-state index is 10.8. The average Bonchev–Trinajstić information content (AvgIpc) is 0.846. The van der Waals surface area contributed by atoms with Crippen LogP contribution in [0.4, 0.5) is 0 Å². The van der Waals surface area contributed by atoms with Crippen molar-refractivity contribution in [1.82, 2.24) is 4.90 Å². The second kappa shape index (κ2) is 42.7. The Morgan fingerprint density at radius 2 is 0.862 bits per heavy atom. The van der Waals surface area contributed by atoms with E-state index in [-0.39, 0.29) is 35.4 Å². The van der Waals surface area contributed by atoms with Gasteiger partial charge in [-0.05, 0) is 200 Å². The summed E-state index contributed by atoms with van der Waals surface area (Å²) in [5.74, 6) is 4.36. The van der Waals surface area contributed by atoms with Crippen LogP contribution < -0.4 is 29.4 Å². The lowest BCUT2D eigenvalue weighted by Crippen LogP contribution is -2.54. The van der Waals surface area contributed by atoms with E-state index in [4.69, 9.17) is 90.6 Å². The number of nitriles is 3. The molecule has 2 heterocycles. The van der Waals surface area contributed by atoms with E-state index < -0.39 is 17.1 Å². The maximum Gasteiger partial charge on any atom is 0.140 e. The van der Waals surface area contributed by atoms with Gasteiger partial charge in [-0.15, -0.1) is 0 Å². The molecule has 9 aromatic carbocycles. The summed E-state index contributed by atoms with van der Waals surface area (Å²) in [4.78, 5) is 2.38. The van der Waals surface area contributed by atoms with Crippen molar-refractivity contribution in [3.05, 3.63) is 276 Å². The first kappa shape index (κ1) is 88.2. The lowest BCUT2D eigenvalue weighted by molar-refractivity contribution is -0.225. The molecule has 0 bridgehead atoms. The van der Waals surface area contributed by atoms with Gasteiger partial charge in [0.15, 0.2) is 0 Å². The molecule has 0 amide bonds. The molecule has 15 rings (SSSR count). The molecule has 2 saturated heterocycles. The Kier molecular flexibility index (Phi) is 32.4. The van der Waals surface area contributed by atoms with E-state index in [1.807, 2.05) is 146 Å². The van der Waals surface area contributed by atoms with Gasteiger partial charge in [0, 0.05) is 68.6 Å².